The molecular formula is C14H14N4O3S3. The average Bonchev–Trinajstić information content (AvgIpc) is 3.06. The van der Waals surface area contributed by atoms with Crippen LogP contribution in [-0.4, -0.2) is 23.5 Å². The molecule has 24 heavy (non-hydrogen) atoms. The van der Waals surface area contributed by atoms with Crippen LogP contribution in [-0.2, 0) is 10.0 Å². The van der Waals surface area contributed by atoms with Gasteiger partial charge in [0.05, 0.1) is 31.9 Å². The molecule has 10 heteroatoms. The second-order valence-electron chi connectivity index (χ2n) is 5.03. The van der Waals surface area contributed by atoms with Crippen molar-refractivity contribution >= 4 is 43.5 Å². The number of hydrogen-bond acceptors (Lipinski definition) is 8. The van der Waals surface area contributed by atoms with Gasteiger partial charge in [0, 0.05) is 5.38 Å². The first kappa shape index (κ1) is 16.8. The van der Waals surface area contributed by atoms with Crippen molar-refractivity contribution in [3.63, 3.8) is 0 Å². The first-order valence-corrected chi connectivity index (χ1v) is 10.0. The van der Waals surface area contributed by atoms with Crippen molar-refractivity contribution in [1.82, 2.24) is 9.97 Å². The van der Waals surface area contributed by atoms with Gasteiger partial charge in [0.2, 0.25) is 10.0 Å². The van der Waals surface area contributed by atoms with Crippen molar-refractivity contribution in [1.29, 1.82) is 0 Å². The number of thiazole rings is 2. The van der Waals surface area contributed by atoms with Crippen LogP contribution in [0.1, 0.15) is 10.7 Å². The fourth-order valence-corrected chi connectivity index (χ4v) is 4.32. The number of aromatic nitrogens is 2. The van der Waals surface area contributed by atoms with Crippen molar-refractivity contribution in [2.75, 3.05) is 5.32 Å². The lowest BCUT2D eigenvalue weighted by atomic mass is 10.3. The number of rotatable bonds is 4. The van der Waals surface area contributed by atoms with Gasteiger partial charge in [-0.2, -0.15) is 0 Å². The molecular weight excluding hydrogens is 368 g/mol. The van der Waals surface area contributed by atoms with Crippen LogP contribution >= 0.6 is 22.7 Å². The Kier molecular flexibility index (Phi) is 4.30. The van der Waals surface area contributed by atoms with E-state index in [0.717, 1.165) is 21.3 Å². The molecule has 2 heterocycles. The number of benzene rings is 1. The monoisotopic (exact) mass is 382 g/mol. The van der Waals surface area contributed by atoms with E-state index in [-0.39, 0.29) is 16.3 Å². The minimum absolute atomic E-state index is 0.0893. The van der Waals surface area contributed by atoms with E-state index in [4.69, 9.17) is 5.14 Å². The quantitative estimate of drug-likeness (QED) is 0.597. The van der Waals surface area contributed by atoms with Crippen LogP contribution in [0.25, 0.3) is 10.6 Å². The number of primary sulfonamides is 1. The lowest BCUT2D eigenvalue weighted by Crippen LogP contribution is -2.12. The second-order valence-corrected chi connectivity index (χ2v) is 8.66. The summed E-state index contributed by atoms with van der Waals surface area (Å²) in [4.78, 5) is 9.74. The van der Waals surface area contributed by atoms with Gasteiger partial charge in [-0.25, -0.2) is 23.5 Å². The van der Waals surface area contributed by atoms with E-state index < -0.39 is 10.0 Å². The van der Waals surface area contributed by atoms with Gasteiger partial charge in [-0.1, -0.05) is 0 Å². The molecule has 1 aromatic carbocycles. The Morgan fingerprint density at radius 1 is 1.25 bits per heavy atom. The van der Waals surface area contributed by atoms with Gasteiger partial charge in [0.15, 0.2) is 5.13 Å². The predicted molar refractivity (Wildman–Crippen MR) is 95.5 cm³/mol. The van der Waals surface area contributed by atoms with E-state index in [1.807, 2.05) is 19.2 Å². The molecule has 2 aromatic heterocycles. The molecule has 0 aliphatic carbocycles. The highest BCUT2D eigenvalue weighted by atomic mass is 32.2. The summed E-state index contributed by atoms with van der Waals surface area (Å²) >= 11 is 2.90. The van der Waals surface area contributed by atoms with E-state index in [0.29, 0.717) is 5.13 Å². The molecule has 126 valence electrons. The highest BCUT2D eigenvalue weighted by molar-refractivity contribution is 7.89. The van der Waals surface area contributed by atoms with Crippen LogP contribution in [0.5, 0.6) is 5.75 Å². The Balaban J connectivity index is 1.92. The van der Waals surface area contributed by atoms with Crippen molar-refractivity contribution < 1.29 is 13.5 Å². The topological polar surface area (TPSA) is 118 Å². The van der Waals surface area contributed by atoms with E-state index in [1.54, 1.807) is 11.3 Å². The van der Waals surface area contributed by atoms with E-state index in [1.165, 1.54) is 29.5 Å². The molecule has 3 aromatic rings. The maximum atomic E-state index is 11.4. The molecule has 0 saturated carbocycles. The zero-order valence-corrected chi connectivity index (χ0v) is 15.2. The van der Waals surface area contributed by atoms with Gasteiger partial charge in [-0.3, -0.25) is 0 Å². The standard InChI is InChI=1S/C14H14N4O3S3/c1-7-13(23-8(2)16-7)11-6-22-14(18-11)17-10-5-9(24(15,20)21)3-4-12(10)19/h3-6,19H,1-2H3,(H,17,18)(H2,15,20,21). The lowest BCUT2D eigenvalue weighted by molar-refractivity contribution is 0.477. The van der Waals surface area contributed by atoms with E-state index in [2.05, 4.69) is 15.3 Å². The number of nitrogens with two attached hydrogens (primary N) is 1. The Bertz CT molecular complexity index is 1010. The third kappa shape index (κ3) is 3.41. The predicted octanol–water partition coefficient (Wildman–Crippen LogP) is 2.98. The minimum Gasteiger partial charge on any atom is -0.506 e. The molecule has 4 N–H and O–H groups in total. The maximum Gasteiger partial charge on any atom is 0.238 e. The molecule has 7 nitrogen and oxygen atoms in total. The maximum absolute atomic E-state index is 11.4. The van der Waals surface area contributed by atoms with E-state index in [9.17, 15) is 13.5 Å². The number of nitrogens with one attached hydrogen (secondary N) is 1. The molecule has 0 unspecified atom stereocenters. The summed E-state index contributed by atoms with van der Waals surface area (Å²) < 4.78 is 22.9. The number of hydrogen-bond donors (Lipinski definition) is 3. The molecule has 0 atom stereocenters. The third-order valence-corrected chi connectivity index (χ3v) is 5.94. The fraction of sp³-hybridized carbons (Fsp3) is 0.143. The summed E-state index contributed by atoms with van der Waals surface area (Å²) in [6.07, 6.45) is 0. The summed E-state index contributed by atoms with van der Waals surface area (Å²) in [5.41, 5.74) is 1.92. The molecule has 0 amide bonds. The zero-order valence-electron chi connectivity index (χ0n) is 12.8. The summed E-state index contributed by atoms with van der Waals surface area (Å²) in [6.45, 7) is 3.86. The van der Waals surface area contributed by atoms with Gasteiger partial charge in [-0.15, -0.1) is 22.7 Å². The molecule has 0 aliphatic heterocycles. The Morgan fingerprint density at radius 3 is 2.62 bits per heavy atom. The minimum atomic E-state index is -3.85. The normalized spacial score (nSPS) is 11.6. The highest BCUT2D eigenvalue weighted by Gasteiger charge is 2.14. The van der Waals surface area contributed by atoms with Crippen LogP contribution in [0, 0.1) is 13.8 Å². The van der Waals surface area contributed by atoms with Crippen LogP contribution < -0.4 is 10.5 Å². The van der Waals surface area contributed by atoms with Gasteiger partial charge in [0.1, 0.15) is 5.75 Å². The van der Waals surface area contributed by atoms with Crippen LogP contribution in [0.15, 0.2) is 28.5 Å². The van der Waals surface area contributed by atoms with Crippen molar-refractivity contribution in [3.8, 4) is 16.3 Å². The summed E-state index contributed by atoms with van der Waals surface area (Å²) in [5.74, 6) is -0.0936. The van der Waals surface area contributed by atoms with Crippen molar-refractivity contribution in [2.45, 2.75) is 18.7 Å². The number of anilines is 2. The lowest BCUT2D eigenvalue weighted by Gasteiger charge is -2.07. The molecule has 0 radical (unpaired) electrons. The first-order chi connectivity index (χ1) is 11.2. The van der Waals surface area contributed by atoms with Crippen molar-refractivity contribution in [3.05, 3.63) is 34.3 Å². The number of aryl methyl sites for hydroxylation is 2. The third-order valence-electron chi connectivity index (χ3n) is 3.18. The summed E-state index contributed by atoms with van der Waals surface area (Å²) in [5, 5.41) is 21.3. The number of sulfonamides is 1. The SMILES string of the molecule is Cc1nc(C)c(-c2csc(Nc3cc(S(N)(=O)=O)ccc3O)n2)s1. The fourth-order valence-electron chi connectivity index (χ4n) is 2.11. The van der Waals surface area contributed by atoms with Crippen molar-refractivity contribution in [2.24, 2.45) is 5.14 Å². The number of phenolic OH excluding ortho intramolecular Hbond substituents is 1. The smallest absolute Gasteiger partial charge is 0.238 e. The van der Waals surface area contributed by atoms with Gasteiger partial charge in [-0.05, 0) is 32.0 Å². The Morgan fingerprint density at radius 2 is 2.00 bits per heavy atom. The second kappa shape index (κ2) is 6.13. The molecule has 0 spiro atoms. The van der Waals surface area contributed by atoms with Gasteiger partial charge in [0.25, 0.3) is 0 Å². The molecule has 0 bridgehead atoms. The van der Waals surface area contributed by atoms with Crippen LogP contribution in [0.4, 0.5) is 10.8 Å². The van der Waals surface area contributed by atoms with Crippen LogP contribution in [0.3, 0.4) is 0 Å². The summed E-state index contributed by atoms with van der Waals surface area (Å²) in [6, 6.07) is 3.79. The molecule has 0 aliphatic rings. The number of phenols is 1. The molecule has 3 rings (SSSR count). The zero-order chi connectivity index (χ0) is 17.5. The average molecular weight is 382 g/mol. The highest BCUT2D eigenvalue weighted by Crippen LogP contribution is 2.35. The largest absolute Gasteiger partial charge is 0.506 e. The van der Waals surface area contributed by atoms with Gasteiger partial charge < -0.3 is 10.4 Å². The Hall–Kier alpha value is -2.01. The van der Waals surface area contributed by atoms with Crippen LogP contribution in [0.2, 0.25) is 0 Å². The van der Waals surface area contributed by atoms with E-state index >= 15 is 0 Å². The number of aromatic hydroxyl groups is 1. The first-order valence-electron chi connectivity index (χ1n) is 6.77. The number of nitrogens with zero attached hydrogens (tertiary/aromatic N) is 2. The molecule has 0 fully saturated rings. The van der Waals surface area contributed by atoms with Gasteiger partial charge >= 0.3 is 0 Å². The summed E-state index contributed by atoms with van der Waals surface area (Å²) in [7, 11) is -3.85. The molecule has 0 saturated heterocycles. The Labute approximate surface area is 146 Å².